The molecule has 6 heteroatoms. The molecule has 1 aromatic rings. The number of benzene rings is 1. The zero-order chi connectivity index (χ0) is 15.1. The molecule has 0 aliphatic carbocycles. The predicted octanol–water partition coefficient (Wildman–Crippen LogP) is 0.747. The lowest BCUT2D eigenvalue weighted by Crippen LogP contribution is -2.42. The van der Waals surface area contributed by atoms with E-state index in [9.17, 15) is 9.59 Å². The summed E-state index contributed by atoms with van der Waals surface area (Å²) >= 11 is 0. The predicted molar refractivity (Wildman–Crippen MR) is 75.5 cm³/mol. The van der Waals surface area contributed by atoms with Crippen LogP contribution in [0.15, 0.2) is 24.3 Å². The molecule has 0 heterocycles. The molecule has 2 atom stereocenters. The number of hydrogen-bond donors (Lipinski definition) is 4. The number of aliphatic hydroxyl groups is 1. The third-order valence-electron chi connectivity index (χ3n) is 2.77. The van der Waals surface area contributed by atoms with Gasteiger partial charge < -0.3 is 20.8 Å². The lowest BCUT2D eigenvalue weighted by molar-refractivity contribution is -0.141. The Morgan fingerprint density at radius 1 is 1.30 bits per heavy atom. The Bertz CT molecular complexity index is 474. The highest BCUT2D eigenvalue weighted by molar-refractivity contribution is 5.94. The van der Waals surface area contributed by atoms with Crippen LogP contribution in [0.1, 0.15) is 18.9 Å². The van der Waals surface area contributed by atoms with E-state index in [-0.39, 0.29) is 18.9 Å². The highest BCUT2D eigenvalue weighted by atomic mass is 16.4. The minimum atomic E-state index is -1.12. The second-order valence-corrected chi connectivity index (χ2v) is 4.72. The topological polar surface area (TPSA) is 98.7 Å². The Morgan fingerprint density at radius 2 is 1.95 bits per heavy atom. The minimum absolute atomic E-state index is 0.120. The van der Waals surface area contributed by atoms with Crippen LogP contribution in [0.4, 0.5) is 5.69 Å². The van der Waals surface area contributed by atoms with Crippen LogP contribution in [0.5, 0.6) is 0 Å². The van der Waals surface area contributed by atoms with E-state index in [1.165, 1.54) is 0 Å². The Balaban J connectivity index is 2.58. The summed E-state index contributed by atoms with van der Waals surface area (Å²) in [6, 6.07) is 6.24. The van der Waals surface area contributed by atoms with Crippen LogP contribution in [-0.2, 0) is 9.59 Å². The number of hydrogen-bond acceptors (Lipinski definition) is 4. The number of para-hydroxylation sites is 1. The van der Waals surface area contributed by atoms with Crippen LogP contribution in [0, 0.1) is 6.92 Å². The number of aryl methyl sites for hydroxylation is 1. The fourth-order valence-corrected chi connectivity index (χ4v) is 1.66. The van der Waals surface area contributed by atoms with Gasteiger partial charge >= 0.3 is 5.97 Å². The number of amides is 1. The number of carboxylic acid groups (broad SMARTS) is 1. The number of rotatable bonds is 7. The molecule has 1 aromatic carbocycles. The molecule has 0 aliphatic rings. The smallest absolute Gasteiger partial charge is 0.321 e. The lowest BCUT2D eigenvalue weighted by Gasteiger charge is -2.16. The largest absolute Gasteiger partial charge is 0.480 e. The van der Waals surface area contributed by atoms with Gasteiger partial charge in [0, 0.05) is 12.2 Å². The van der Waals surface area contributed by atoms with Crippen molar-refractivity contribution < 1.29 is 19.8 Å². The van der Waals surface area contributed by atoms with Gasteiger partial charge in [0.25, 0.3) is 0 Å². The SMILES string of the molecule is Cc1ccccc1NC(=O)C[C@H](NCC(C)O)C(=O)O. The second-order valence-electron chi connectivity index (χ2n) is 4.72. The van der Waals surface area contributed by atoms with Crippen molar-refractivity contribution in [3.8, 4) is 0 Å². The number of nitrogens with one attached hydrogen (secondary N) is 2. The van der Waals surface area contributed by atoms with Crippen LogP contribution >= 0.6 is 0 Å². The van der Waals surface area contributed by atoms with E-state index in [0.29, 0.717) is 5.69 Å². The molecule has 0 radical (unpaired) electrons. The van der Waals surface area contributed by atoms with Gasteiger partial charge in [0.15, 0.2) is 0 Å². The molecule has 0 aromatic heterocycles. The van der Waals surface area contributed by atoms with Gasteiger partial charge in [0.2, 0.25) is 5.91 Å². The highest BCUT2D eigenvalue weighted by Gasteiger charge is 2.21. The summed E-state index contributed by atoms with van der Waals surface area (Å²) in [5, 5.41) is 23.5. The van der Waals surface area contributed by atoms with Crippen molar-refractivity contribution in [2.75, 3.05) is 11.9 Å². The zero-order valence-electron chi connectivity index (χ0n) is 11.6. The van der Waals surface area contributed by atoms with Crippen molar-refractivity contribution in [2.45, 2.75) is 32.4 Å². The van der Waals surface area contributed by atoms with Crippen LogP contribution in [0.25, 0.3) is 0 Å². The number of anilines is 1. The van der Waals surface area contributed by atoms with E-state index in [4.69, 9.17) is 10.2 Å². The molecule has 6 nitrogen and oxygen atoms in total. The molecular weight excluding hydrogens is 260 g/mol. The Kier molecular flexibility index (Phi) is 6.14. The number of aliphatic hydroxyl groups excluding tert-OH is 1. The number of aliphatic carboxylic acids is 1. The van der Waals surface area contributed by atoms with Crippen LogP contribution in [0.2, 0.25) is 0 Å². The van der Waals surface area contributed by atoms with E-state index in [1.54, 1.807) is 19.1 Å². The van der Waals surface area contributed by atoms with Gasteiger partial charge in [0.05, 0.1) is 12.5 Å². The van der Waals surface area contributed by atoms with Crippen molar-refractivity contribution in [2.24, 2.45) is 0 Å². The summed E-state index contributed by atoms with van der Waals surface area (Å²) in [5.41, 5.74) is 1.57. The average Bonchev–Trinajstić information content (AvgIpc) is 2.36. The minimum Gasteiger partial charge on any atom is -0.480 e. The van der Waals surface area contributed by atoms with Crippen molar-refractivity contribution in [1.29, 1.82) is 0 Å². The van der Waals surface area contributed by atoms with Gasteiger partial charge in [-0.1, -0.05) is 18.2 Å². The number of carbonyl (C=O) groups excluding carboxylic acids is 1. The maximum Gasteiger partial charge on any atom is 0.321 e. The monoisotopic (exact) mass is 280 g/mol. The van der Waals surface area contributed by atoms with Crippen molar-refractivity contribution in [1.82, 2.24) is 5.32 Å². The van der Waals surface area contributed by atoms with Gasteiger partial charge in [-0.2, -0.15) is 0 Å². The first kappa shape index (κ1) is 16.1. The first-order valence-electron chi connectivity index (χ1n) is 6.40. The van der Waals surface area contributed by atoms with E-state index in [0.717, 1.165) is 5.56 Å². The lowest BCUT2D eigenvalue weighted by atomic mass is 10.1. The third kappa shape index (κ3) is 5.38. The molecule has 1 rings (SSSR count). The van der Waals surface area contributed by atoms with Crippen LogP contribution < -0.4 is 10.6 Å². The Hall–Kier alpha value is -1.92. The second kappa shape index (κ2) is 7.62. The first-order chi connectivity index (χ1) is 9.40. The van der Waals surface area contributed by atoms with Gasteiger partial charge in [-0.15, -0.1) is 0 Å². The Labute approximate surface area is 117 Å². The third-order valence-corrected chi connectivity index (χ3v) is 2.77. The quantitative estimate of drug-likeness (QED) is 0.590. The number of carbonyl (C=O) groups is 2. The molecular formula is C14H20N2O4. The first-order valence-corrected chi connectivity index (χ1v) is 6.40. The van der Waals surface area contributed by atoms with Crippen molar-refractivity contribution in [3.05, 3.63) is 29.8 Å². The zero-order valence-corrected chi connectivity index (χ0v) is 11.6. The van der Waals surface area contributed by atoms with Crippen LogP contribution in [-0.4, -0.2) is 40.8 Å². The van der Waals surface area contributed by atoms with Gasteiger partial charge in [-0.3, -0.25) is 9.59 Å². The maximum absolute atomic E-state index is 11.8. The van der Waals surface area contributed by atoms with Gasteiger partial charge in [0.1, 0.15) is 6.04 Å². The van der Waals surface area contributed by atoms with E-state index < -0.39 is 18.1 Å². The summed E-state index contributed by atoms with van der Waals surface area (Å²) in [4.78, 5) is 22.9. The van der Waals surface area contributed by atoms with Crippen molar-refractivity contribution >= 4 is 17.6 Å². The van der Waals surface area contributed by atoms with Crippen molar-refractivity contribution in [3.63, 3.8) is 0 Å². The highest BCUT2D eigenvalue weighted by Crippen LogP contribution is 2.13. The maximum atomic E-state index is 11.8. The molecule has 0 saturated carbocycles. The fraction of sp³-hybridized carbons (Fsp3) is 0.429. The summed E-state index contributed by atoms with van der Waals surface area (Å²) in [6.45, 7) is 3.52. The molecule has 110 valence electrons. The standard InChI is InChI=1S/C14H20N2O4/c1-9-5-3-4-6-11(9)16-13(18)7-12(14(19)20)15-8-10(2)17/h3-6,10,12,15,17H,7-8H2,1-2H3,(H,16,18)(H,19,20)/t10?,12-/m0/s1. The Morgan fingerprint density at radius 3 is 2.50 bits per heavy atom. The van der Waals surface area contributed by atoms with Gasteiger partial charge in [-0.25, -0.2) is 0 Å². The summed E-state index contributed by atoms with van der Waals surface area (Å²) < 4.78 is 0. The summed E-state index contributed by atoms with van der Waals surface area (Å²) in [6.07, 6.45) is -0.868. The van der Waals surface area contributed by atoms with E-state index >= 15 is 0 Å². The van der Waals surface area contributed by atoms with Crippen LogP contribution in [0.3, 0.4) is 0 Å². The molecule has 0 saturated heterocycles. The molecule has 1 unspecified atom stereocenters. The molecule has 0 aliphatic heterocycles. The molecule has 0 spiro atoms. The molecule has 4 N–H and O–H groups in total. The summed E-state index contributed by atoms with van der Waals surface area (Å²) in [7, 11) is 0. The molecule has 20 heavy (non-hydrogen) atoms. The average molecular weight is 280 g/mol. The fourth-order valence-electron chi connectivity index (χ4n) is 1.66. The number of carboxylic acids is 1. The summed E-state index contributed by atoms with van der Waals surface area (Å²) in [5.74, 6) is -1.50. The van der Waals surface area contributed by atoms with E-state index in [1.807, 2.05) is 19.1 Å². The molecule has 0 bridgehead atoms. The van der Waals surface area contributed by atoms with E-state index in [2.05, 4.69) is 10.6 Å². The van der Waals surface area contributed by atoms with Gasteiger partial charge in [-0.05, 0) is 25.5 Å². The normalized spacial score (nSPS) is 13.6. The molecule has 1 amide bonds. The molecule has 0 fully saturated rings.